The van der Waals surface area contributed by atoms with Gasteiger partial charge in [0.05, 0.1) is 11.8 Å². The summed E-state index contributed by atoms with van der Waals surface area (Å²) in [5, 5.41) is 22.4. The number of carboxylic acids is 2. The van der Waals surface area contributed by atoms with E-state index in [1.807, 2.05) is 78.9 Å². The van der Waals surface area contributed by atoms with Gasteiger partial charge in [0.2, 0.25) is 11.8 Å². The molecule has 0 unspecified atom stereocenters. The summed E-state index contributed by atoms with van der Waals surface area (Å²) in [5.74, 6) is -3.14. The molecule has 0 saturated carbocycles. The number of benzene rings is 3. The number of fused-ring (bicyclic) bond motifs is 1. The highest BCUT2D eigenvalue weighted by molar-refractivity contribution is 5.94. The third-order valence-corrected chi connectivity index (χ3v) is 8.10. The lowest BCUT2D eigenvalue weighted by molar-refractivity contribution is -0.150. The average Bonchev–Trinajstić information content (AvgIpc) is 3.58. The number of hydrogen-bond acceptors (Lipinski definition) is 4. The predicted octanol–water partition coefficient (Wildman–Crippen LogP) is 3.72. The van der Waals surface area contributed by atoms with Crippen molar-refractivity contribution in [1.82, 2.24) is 10.2 Å². The smallest absolute Gasteiger partial charge is 0.326 e. The molecule has 1 saturated heterocycles. The lowest BCUT2D eigenvalue weighted by Crippen LogP contribution is -2.56. The first-order valence-electron chi connectivity index (χ1n) is 13.5. The molecule has 8 heteroatoms. The van der Waals surface area contributed by atoms with Crippen molar-refractivity contribution in [2.75, 3.05) is 6.54 Å². The van der Waals surface area contributed by atoms with Crippen molar-refractivity contribution in [3.8, 4) is 11.1 Å². The topological polar surface area (TPSA) is 124 Å². The molecule has 0 aromatic heterocycles. The van der Waals surface area contributed by atoms with E-state index < -0.39 is 41.3 Å². The highest BCUT2D eigenvalue weighted by atomic mass is 16.4. The third-order valence-electron chi connectivity index (χ3n) is 8.10. The lowest BCUT2D eigenvalue weighted by Gasteiger charge is -2.32. The van der Waals surface area contributed by atoms with Gasteiger partial charge in [-0.15, -0.1) is 0 Å². The van der Waals surface area contributed by atoms with Crippen molar-refractivity contribution in [1.29, 1.82) is 0 Å². The molecule has 3 aromatic carbocycles. The molecule has 0 spiro atoms. The first-order chi connectivity index (χ1) is 19.3. The molecule has 8 nitrogen and oxygen atoms in total. The van der Waals surface area contributed by atoms with Crippen molar-refractivity contribution in [2.45, 2.75) is 50.6 Å². The fourth-order valence-electron chi connectivity index (χ4n) is 6.17. The van der Waals surface area contributed by atoms with Gasteiger partial charge in [-0.1, -0.05) is 78.9 Å². The number of carbonyl (C=O) groups is 4. The lowest BCUT2D eigenvalue weighted by atomic mass is 9.80. The van der Waals surface area contributed by atoms with E-state index in [0.29, 0.717) is 12.8 Å². The van der Waals surface area contributed by atoms with Gasteiger partial charge in [0, 0.05) is 13.0 Å². The SMILES string of the molecule is O=C(O)CC1(C(=O)N[C@@H](Cc2ccccc2-c2ccccc2)C(=O)N2CCC[C@H]2C(=O)O)Cc2ccccc2C1. The molecule has 206 valence electrons. The number of carboxylic acid groups (broad SMARTS) is 2. The summed E-state index contributed by atoms with van der Waals surface area (Å²) >= 11 is 0. The number of nitrogens with one attached hydrogen (secondary N) is 1. The van der Waals surface area contributed by atoms with Crippen LogP contribution in [0, 0.1) is 5.41 Å². The van der Waals surface area contributed by atoms with Gasteiger partial charge in [0.1, 0.15) is 12.1 Å². The van der Waals surface area contributed by atoms with E-state index in [9.17, 15) is 29.4 Å². The van der Waals surface area contributed by atoms with E-state index in [2.05, 4.69) is 5.32 Å². The van der Waals surface area contributed by atoms with Gasteiger partial charge in [-0.25, -0.2) is 4.79 Å². The quantitative estimate of drug-likeness (QED) is 0.380. The Morgan fingerprint density at radius 1 is 0.875 bits per heavy atom. The zero-order chi connectivity index (χ0) is 28.3. The number of amides is 2. The van der Waals surface area contributed by atoms with Gasteiger partial charge in [0.25, 0.3) is 0 Å². The van der Waals surface area contributed by atoms with Gasteiger partial charge < -0.3 is 20.4 Å². The molecule has 1 fully saturated rings. The van der Waals surface area contributed by atoms with Crippen LogP contribution in [0.3, 0.4) is 0 Å². The Morgan fingerprint density at radius 3 is 2.15 bits per heavy atom. The number of nitrogens with zero attached hydrogens (tertiary/aromatic N) is 1. The minimum atomic E-state index is -1.25. The number of hydrogen-bond donors (Lipinski definition) is 3. The summed E-state index contributed by atoms with van der Waals surface area (Å²) in [5.41, 5.74) is 3.27. The molecular formula is C32H32N2O6. The maximum atomic E-state index is 14.0. The molecule has 3 N–H and O–H groups in total. The highest BCUT2D eigenvalue weighted by Crippen LogP contribution is 2.40. The maximum Gasteiger partial charge on any atom is 0.326 e. The number of aliphatic carboxylic acids is 2. The summed E-state index contributed by atoms with van der Waals surface area (Å²) in [6.07, 6.45) is 1.17. The van der Waals surface area contributed by atoms with Crippen LogP contribution in [0.1, 0.15) is 36.0 Å². The van der Waals surface area contributed by atoms with Crippen molar-refractivity contribution in [3.63, 3.8) is 0 Å². The molecule has 1 aliphatic heterocycles. The molecule has 2 atom stereocenters. The van der Waals surface area contributed by atoms with Crippen LogP contribution in [0.2, 0.25) is 0 Å². The molecule has 3 aromatic rings. The molecule has 2 amide bonds. The Morgan fingerprint density at radius 2 is 1.50 bits per heavy atom. The molecule has 5 rings (SSSR count). The molecule has 1 aliphatic carbocycles. The average molecular weight is 541 g/mol. The maximum absolute atomic E-state index is 14.0. The van der Waals surface area contributed by atoms with Crippen LogP contribution in [0.4, 0.5) is 0 Å². The number of rotatable bonds is 9. The largest absolute Gasteiger partial charge is 0.481 e. The minimum Gasteiger partial charge on any atom is -0.481 e. The van der Waals surface area contributed by atoms with Crippen molar-refractivity contribution >= 4 is 23.8 Å². The van der Waals surface area contributed by atoms with E-state index in [4.69, 9.17) is 0 Å². The van der Waals surface area contributed by atoms with Crippen LogP contribution >= 0.6 is 0 Å². The zero-order valence-electron chi connectivity index (χ0n) is 22.1. The molecule has 2 aliphatic rings. The van der Waals surface area contributed by atoms with E-state index in [0.717, 1.165) is 27.8 Å². The Hall–Kier alpha value is -4.46. The Bertz CT molecular complexity index is 1410. The van der Waals surface area contributed by atoms with E-state index in [1.54, 1.807) is 0 Å². The summed E-state index contributed by atoms with van der Waals surface area (Å²) in [6, 6.07) is 22.8. The summed E-state index contributed by atoms with van der Waals surface area (Å²) in [7, 11) is 0. The summed E-state index contributed by atoms with van der Waals surface area (Å²) in [4.78, 5) is 53.1. The normalized spacial score (nSPS) is 18.1. The van der Waals surface area contributed by atoms with Gasteiger partial charge in [-0.3, -0.25) is 14.4 Å². The third kappa shape index (κ3) is 5.47. The van der Waals surface area contributed by atoms with Crippen molar-refractivity contribution in [2.24, 2.45) is 5.41 Å². The van der Waals surface area contributed by atoms with Crippen molar-refractivity contribution < 1.29 is 29.4 Å². The molecular weight excluding hydrogens is 508 g/mol. The molecule has 0 radical (unpaired) electrons. The van der Waals surface area contributed by atoms with Gasteiger partial charge in [-0.05, 0) is 53.5 Å². The summed E-state index contributed by atoms with van der Waals surface area (Å²) < 4.78 is 0. The van der Waals surface area contributed by atoms with Crippen LogP contribution in [0.15, 0.2) is 78.9 Å². The van der Waals surface area contributed by atoms with Crippen LogP contribution in [-0.2, 0) is 38.4 Å². The Balaban J connectivity index is 1.49. The van der Waals surface area contributed by atoms with Crippen molar-refractivity contribution in [3.05, 3.63) is 95.6 Å². The van der Waals surface area contributed by atoms with E-state index in [1.165, 1.54) is 4.90 Å². The molecule has 0 bridgehead atoms. The number of carbonyl (C=O) groups excluding carboxylic acids is 2. The Labute approximate surface area is 232 Å². The fraction of sp³-hybridized carbons (Fsp3) is 0.312. The first-order valence-corrected chi connectivity index (χ1v) is 13.5. The molecule has 1 heterocycles. The predicted molar refractivity (Wildman–Crippen MR) is 148 cm³/mol. The van der Waals surface area contributed by atoms with Gasteiger partial charge in [0.15, 0.2) is 0 Å². The summed E-state index contributed by atoms with van der Waals surface area (Å²) in [6.45, 7) is 0.286. The second kappa shape index (κ2) is 11.3. The minimum absolute atomic E-state index is 0.134. The Kier molecular flexibility index (Phi) is 7.69. The second-order valence-corrected chi connectivity index (χ2v) is 10.8. The van der Waals surface area contributed by atoms with E-state index >= 15 is 0 Å². The van der Waals surface area contributed by atoms with Crippen LogP contribution in [0.25, 0.3) is 11.1 Å². The van der Waals surface area contributed by atoms with Crippen LogP contribution in [-0.4, -0.2) is 57.5 Å². The zero-order valence-corrected chi connectivity index (χ0v) is 22.1. The molecule has 40 heavy (non-hydrogen) atoms. The highest BCUT2D eigenvalue weighted by Gasteiger charge is 2.47. The second-order valence-electron chi connectivity index (χ2n) is 10.8. The van der Waals surface area contributed by atoms with Crippen LogP contribution in [0.5, 0.6) is 0 Å². The first kappa shape index (κ1) is 27.1. The monoisotopic (exact) mass is 540 g/mol. The fourth-order valence-corrected chi connectivity index (χ4v) is 6.17. The standard InChI is InChI=1S/C32H32N2O6/c35-28(36)20-32(18-23-12-4-5-13-24(23)19-32)31(40)33-26(29(37)34-16-8-15-27(34)30(38)39)17-22-11-6-7-14-25(22)21-9-2-1-3-10-21/h1-7,9-14,26-27H,8,15-20H2,(H,33,40)(H,35,36)(H,38,39)/t26-,27-/m0/s1. The van der Waals surface area contributed by atoms with Gasteiger partial charge >= 0.3 is 11.9 Å². The van der Waals surface area contributed by atoms with Crippen LogP contribution < -0.4 is 5.32 Å². The van der Waals surface area contributed by atoms with E-state index in [-0.39, 0.29) is 32.2 Å². The van der Waals surface area contributed by atoms with Gasteiger partial charge in [-0.2, -0.15) is 0 Å². The number of likely N-dealkylation sites (tertiary alicyclic amines) is 1.